The molecule has 0 bridgehead atoms. The first-order valence-corrected chi connectivity index (χ1v) is 14.6. The highest BCUT2D eigenvalue weighted by molar-refractivity contribution is 5.94. The van der Waals surface area contributed by atoms with Crippen molar-refractivity contribution in [2.75, 3.05) is 0 Å². The van der Waals surface area contributed by atoms with Gasteiger partial charge >= 0.3 is 5.97 Å². The zero-order valence-electron chi connectivity index (χ0n) is 25.1. The van der Waals surface area contributed by atoms with Gasteiger partial charge in [0.25, 0.3) is 5.91 Å². The summed E-state index contributed by atoms with van der Waals surface area (Å²) in [5.41, 5.74) is 5.08. The molecule has 0 aliphatic rings. The summed E-state index contributed by atoms with van der Waals surface area (Å²) in [6.07, 6.45) is 2.31. The number of nitrogens with one attached hydrogen (secondary N) is 2. The largest absolute Gasteiger partial charge is 0.478 e. The molecule has 0 aliphatic heterocycles. The second kappa shape index (κ2) is 16.6. The number of hydroxylamine groups is 2. The van der Waals surface area contributed by atoms with Gasteiger partial charge in [-0.15, -0.1) is 0 Å². The van der Waals surface area contributed by atoms with Crippen molar-refractivity contribution in [3.8, 4) is 0 Å². The molecule has 2 rings (SSSR count). The van der Waals surface area contributed by atoms with E-state index in [0.717, 1.165) is 12.8 Å². The van der Waals surface area contributed by atoms with E-state index >= 15 is 0 Å². The highest BCUT2D eigenvalue weighted by Crippen LogP contribution is 2.22. The second-order valence-corrected chi connectivity index (χ2v) is 11.6. The average molecular weight is 583 g/mol. The van der Waals surface area contributed by atoms with E-state index < -0.39 is 42.0 Å². The molecule has 10 heteroatoms. The SMILES string of the molecule is CC(C)C[C@H](NC(=O)CCCCc1ccccc1)C(=O)N(O)[C@](Cc1ccccc1)(NC(=O)[C@@H](N)CC(C)C)C(=O)O. The van der Waals surface area contributed by atoms with Gasteiger partial charge in [0.15, 0.2) is 0 Å². The number of carbonyl (C=O) groups excluding carboxylic acids is 3. The molecule has 0 aliphatic carbocycles. The smallest absolute Gasteiger partial charge is 0.353 e. The fourth-order valence-corrected chi connectivity index (χ4v) is 4.75. The van der Waals surface area contributed by atoms with Gasteiger partial charge in [0.05, 0.1) is 6.04 Å². The lowest BCUT2D eigenvalue weighted by Crippen LogP contribution is -2.70. The summed E-state index contributed by atoms with van der Waals surface area (Å²) in [5.74, 6) is -3.93. The van der Waals surface area contributed by atoms with Crippen molar-refractivity contribution in [3.63, 3.8) is 0 Å². The van der Waals surface area contributed by atoms with E-state index in [2.05, 4.69) is 10.6 Å². The number of nitrogens with two attached hydrogens (primary N) is 1. The highest BCUT2D eigenvalue weighted by atomic mass is 16.5. The normalized spacial score (nSPS) is 14.1. The zero-order valence-corrected chi connectivity index (χ0v) is 25.1. The van der Waals surface area contributed by atoms with Gasteiger partial charge in [-0.3, -0.25) is 19.6 Å². The summed E-state index contributed by atoms with van der Waals surface area (Å²) in [4.78, 5) is 52.5. The topological polar surface area (TPSA) is 162 Å². The Morgan fingerprint density at radius 1 is 0.857 bits per heavy atom. The van der Waals surface area contributed by atoms with E-state index in [0.29, 0.717) is 12.0 Å². The molecule has 3 atom stereocenters. The van der Waals surface area contributed by atoms with Crippen molar-refractivity contribution < 1.29 is 29.5 Å². The molecule has 10 nitrogen and oxygen atoms in total. The van der Waals surface area contributed by atoms with Crippen LogP contribution in [0.5, 0.6) is 0 Å². The summed E-state index contributed by atoms with van der Waals surface area (Å²) >= 11 is 0. The Balaban J connectivity index is 2.27. The van der Waals surface area contributed by atoms with Crippen LogP contribution in [0.3, 0.4) is 0 Å². The van der Waals surface area contributed by atoms with Gasteiger partial charge in [0.1, 0.15) is 6.04 Å². The molecule has 0 saturated carbocycles. The van der Waals surface area contributed by atoms with E-state index in [4.69, 9.17) is 5.73 Å². The Labute approximate surface area is 248 Å². The number of rotatable bonds is 17. The molecule has 6 N–H and O–H groups in total. The summed E-state index contributed by atoms with van der Waals surface area (Å²) in [6, 6.07) is 16.0. The lowest BCUT2D eigenvalue weighted by molar-refractivity contribution is -0.213. The first-order valence-electron chi connectivity index (χ1n) is 14.6. The maximum atomic E-state index is 13.7. The molecule has 0 aromatic heterocycles. The summed E-state index contributed by atoms with van der Waals surface area (Å²) in [6.45, 7) is 7.42. The van der Waals surface area contributed by atoms with Gasteiger partial charge in [0, 0.05) is 12.8 Å². The van der Waals surface area contributed by atoms with Crippen molar-refractivity contribution in [1.29, 1.82) is 0 Å². The zero-order chi connectivity index (χ0) is 31.3. The molecule has 0 heterocycles. The monoisotopic (exact) mass is 582 g/mol. The van der Waals surface area contributed by atoms with Gasteiger partial charge in [-0.25, -0.2) is 4.79 Å². The van der Waals surface area contributed by atoms with Crippen molar-refractivity contribution in [1.82, 2.24) is 15.7 Å². The molecule has 0 spiro atoms. The van der Waals surface area contributed by atoms with Crippen molar-refractivity contribution >= 4 is 23.7 Å². The number of carboxylic acid groups (broad SMARTS) is 1. The van der Waals surface area contributed by atoms with Crippen LogP contribution in [0, 0.1) is 11.8 Å². The minimum Gasteiger partial charge on any atom is -0.478 e. The Morgan fingerprint density at radius 2 is 1.40 bits per heavy atom. The third-order valence-electron chi connectivity index (χ3n) is 6.92. The van der Waals surface area contributed by atoms with Crippen molar-refractivity contribution in [2.24, 2.45) is 17.6 Å². The van der Waals surface area contributed by atoms with Gasteiger partial charge < -0.3 is 21.5 Å². The van der Waals surface area contributed by atoms with Gasteiger partial charge in [0.2, 0.25) is 17.5 Å². The lowest BCUT2D eigenvalue weighted by atomic mass is 9.95. The molecule has 0 radical (unpaired) electrons. The summed E-state index contributed by atoms with van der Waals surface area (Å²) < 4.78 is 0. The molecule has 230 valence electrons. The molecule has 2 aromatic carbocycles. The number of carboxylic acids is 1. The number of hydrogen-bond donors (Lipinski definition) is 5. The maximum Gasteiger partial charge on any atom is 0.353 e. The average Bonchev–Trinajstić information content (AvgIpc) is 2.94. The standard InChI is InChI=1S/C32H46N4O6/c1-22(2)19-26(33)29(38)35-32(31(40)41,21-25-16-9-6-10-17-25)36(42)30(39)27(20-23(3)4)34-28(37)18-12-11-15-24-13-7-5-8-14-24/h5-10,13-14,16-17,22-23,26-27,42H,11-12,15,18-21,33H2,1-4H3,(H,34,37)(H,35,38)(H,40,41)/t26-,27-,32-/m0/s1. The van der Waals surface area contributed by atoms with Crippen LogP contribution in [0.1, 0.15) is 70.9 Å². The predicted molar refractivity (Wildman–Crippen MR) is 160 cm³/mol. The van der Waals surface area contributed by atoms with Gasteiger partial charge in [-0.05, 0) is 55.1 Å². The molecular weight excluding hydrogens is 536 g/mol. The van der Waals surface area contributed by atoms with E-state index in [-0.39, 0.29) is 42.1 Å². The minimum atomic E-state index is -2.57. The van der Waals surface area contributed by atoms with E-state index in [9.17, 15) is 29.5 Å². The number of carbonyl (C=O) groups is 4. The van der Waals surface area contributed by atoms with Crippen LogP contribution in [0.2, 0.25) is 0 Å². The van der Waals surface area contributed by atoms with Gasteiger partial charge in [-0.2, -0.15) is 5.06 Å². The van der Waals surface area contributed by atoms with Crippen LogP contribution in [0.4, 0.5) is 0 Å². The van der Waals surface area contributed by atoms with Crippen LogP contribution in [0.25, 0.3) is 0 Å². The Hall–Kier alpha value is -3.76. The van der Waals surface area contributed by atoms with Crippen molar-refractivity contribution in [3.05, 3.63) is 71.8 Å². The van der Waals surface area contributed by atoms with Crippen molar-refractivity contribution in [2.45, 2.75) is 90.4 Å². The third-order valence-corrected chi connectivity index (χ3v) is 6.92. The lowest BCUT2D eigenvalue weighted by Gasteiger charge is -2.39. The first kappa shape index (κ1) is 34.4. The summed E-state index contributed by atoms with van der Waals surface area (Å²) in [5, 5.41) is 26.8. The molecule has 0 fully saturated rings. The first-order chi connectivity index (χ1) is 19.9. The quantitative estimate of drug-likeness (QED) is 0.0823. The van der Waals surface area contributed by atoms with E-state index in [1.54, 1.807) is 30.3 Å². The van der Waals surface area contributed by atoms with E-state index in [1.165, 1.54) is 5.56 Å². The number of benzene rings is 2. The molecule has 3 amide bonds. The Morgan fingerprint density at radius 3 is 1.93 bits per heavy atom. The molecule has 0 unspecified atom stereocenters. The number of unbranched alkanes of at least 4 members (excludes halogenated alkanes) is 1. The third kappa shape index (κ3) is 10.6. The van der Waals surface area contributed by atoms with Gasteiger partial charge in [-0.1, -0.05) is 88.4 Å². The molecule has 2 aromatic rings. The van der Waals surface area contributed by atoms with Crippen LogP contribution in [-0.4, -0.2) is 56.8 Å². The molecule has 42 heavy (non-hydrogen) atoms. The maximum absolute atomic E-state index is 13.7. The highest BCUT2D eigenvalue weighted by Gasteiger charge is 2.50. The minimum absolute atomic E-state index is 0.0456. The fourth-order valence-electron chi connectivity index (χ4n) is 4.75. The molecular formula is C32H46N4O6. The Kier molecular flexibility index (Phi) is 13.6. The fraction of sp³-hybridized carbons (Fsp3) is 0.500. The van der Waals surface area contributed by atoms with Crippen LogP contribution < -0.4 is 16.4 Å². The summed E-state index contributed by atoms with van der Waals surface area (Å²) in [7, 11) is 0. The van der Waals surface area contributed by atoms with Crippen LogP contribution in [0.15, 0.2) is 60.7 Å². The van der Waals surface area contributed by atoms with E-state index in [1.807, 2.05) is 58.0 Å². The predicted octanol–water partition coefficient (Wildman–Crippen LogP) is 3.66. The second-order valence-electron chi connectivity index (χ2n) is 11.6. The number of nitrogens with zero attached hydrogens (tertiary/aromatic N) is 1. The van der Waals surface area contributed by atoms with Crippen LogP contribution in [-0.2, 0) is 32.0 Å². The number of aliphatic carboxylic acids is 1. The number of hydrogen-bond acceptors (Lipinski definition) is 6. The molecule has 0 saturated heterocycles. The van der Waals surface area contributed by atoms with Crippen LogP contribution >= 0.6 is 0 Å². The number of aryl methyl sites for hydroxylation is 1. The Bertz CT molecular complexity index is 1160. The number of amides is 3.